The summed E-state index contributed by atoms with van der Waals surface area (Å²) in [5, 5.41) is 0. The van der Waals surface area contributed by atoms with E-state index in [4.69, 9.17) is 16.6 Å². The van der Waals surface area contributed by atoms with E-state index in [1.807, 2.05) is 18.4 Å². The Bertz CT molecular complexity index is 1300. The highest BCUT2D eigenvalue weighted by Crippen LogP contribution is 2.26. The zero-order valence-electron chi connectivity index (χ0n) is 19.7. The van der Waals surface area contributed by atoms with Crippen molar-refractivity contribution in [1.29, 1.82) is 0 Å². The molecule has 0 saturated carbocycles. The summed E-state index contributed by atoms with van der Waals surface area (Å²) in [5.41, 5.74) is 5.25. The lowest BCUT2D eigenvalue weighted by Gasteiger charge is -2.37. The molecule has 3 aromatic rings. The Balaban J connectivity index is 1.55. The lowest BCUT2D eigenvalue weighted by atomic mass is 10.1. The van der Waals surface area contributed by atoms with E-state index in [-0.39, 0.29) is 4.90 Å². The van der Waals surface area contributed by atoms with E-state index in [9.17, 15) is 8.42 Å². The van der Waals surface area contributed by atoms with Crippen LogP contribution in [0.4, 0.5) is 5.69 Å². The fourth-order valence-corrected chi connectivity index (χ4v) is 6.18. The Morgan fingerprint density at radius 1 is 1.03 bits per heavy atom. The Kier molecular flexibility index (Phi) is 6.95. The highest BCUT2D eigenvalue weighted by atomic mass is 32.2. The number of hydrogen-bond acceptors (Lipinski definition) is 6. The monoisotopic (exact) mass is 488 g/mol. The predicted octanol–water partition coefficient (Wildman–Crippen LogP) is 4.39. The van der Waals surface area contributed by atoms with Crippen LogP contribution in [-0.2, 0) is 16.7 Å². The summed E-state index contributed by atoms with van der Waals surface area (Å²) in [6.45, 7) is 13.1. The number of piperazine rings is 1. The number of sulfonamides is 1. The number of fused-ring (bicyclic) bond motifs is 1. The van der Waals surface area contributed by atoms with E-state index in [2.05, 4.69) is 41.8 Å². The minimum Gasteiger partial charge on any atom is -0.429 e. The highest BCUT2D eigenvalue weighted by molar-refractivity contribution is 7.89. The minimum absolute atomic E-state index is 0.267. The zero-order chi connectivity index (χ0) is 23.8. The van der Waals surface area contributed by atoms with Crippen LogP contribution < -0.4 is 4.90 Å². The van der Waals surface area contributed by atoms with E-state index in [1.165, 1.54) is 21.1 Å². The molecule has 33 heavy (non-hydrogen) atoms. The summed E-state index contributed by atoms with van der Waals surface area (Å²) >= 11 is 5.49. The van der Waals surface area contributed by atoms with Crippen LogP contribution in [0, 0.1) is 18.7 Å². The number of oxazole rings is 1. The average Bonchev–Trinajstić information content (AvgIpc) is 3.11. The molecule has 0 unspecified atom stereocenters. The second-order valence-electron chi connectivity index (χ2n) is 8.48. The van der Waals surface area contributed by atoms with Crippen LogP contribution in [-0.4, -0.2) is 61.5 Å². The summed E-state index contributed by atoms with van der Waals surface area (Å²) in [6, 6.07) is 11.4. The normalized spacial score (nSPS) is 15.6. The van der Waals surface area contributed by atoms with Gasteiger partial charge in [-0.2, -0.15) is 4.31 Å². The Hall–Kier alpha value is -2.20. The van der Waals surface area contributed by atoms with Crippen molar-refractivity contribution in [2.45, 2.75) is 39.3 Å². The number of rotatable bonds is 7. The number of anilines is 1. The van der Waals surface area contributed by atoms with Gasteiger partial charge in [-0.3, -0.25) is 9.47 Å². The molecular weight excluding hydrogens is 456 g/mol. The number of aryl methyl sites for hydroxylation is 1. The number of nitrogens with zero attached hydrogens (tertiary/aromatic N) is 4. The SMILES string of the molecule is CCN(CC)S(=O)(=O)c1ccc2oc(=S)n(CN3CCN(c4cccc(C)c4C)CC3)c2c1. The molecule has 2 heterocycles. The molecule has 178 valence electrons. The first kappa shape index (κ1) is 23.9. The lowest BCUT2D eigenvalue weighted by molar-refractivity contribution is 0.204. The number of aromatic nitrogens is 1. The van der Waals surface area contributed by atoms with Gasteiger partial charge in [-0.05, 0) is 61.5 Å². The summed E-state index contributed by atoms with van der Waals surface area (Å²) in [7, 11) is -3.55. The van der Waals surface area contributed by atoms with Gasteiger partial charge in [-0.15, -0.1) is 0 Å². The van der Waals surface area contributed by atoms with Crippen molar-refractivity contribution in [2.24, 2.45) is 0 Å². The Morgan fingerprint density at radius 2 is 1.73 bits per heavy atom. The van der Waals surface area contributed by atoms with Gasteiger partial charge in [0.15, 0.2) is 5.58 Å². The first-order valence-corrected chi connectivity index (χ1v) is 13.3. The van der Waals surface area contributed by atoms with Crippen molar-refractivity contribution in [3.63, 3.8) is 0 Å². The van der Waals surface area contributed by atoms with Crippen LogP contribution in [0.25, 0.3) is 11.1 Å². The van der Waals surface area contributed by atoms with Gasteiger partial charge in [0.2, 0.25) is 10.0 Å². The second kappa shape index (κ2) is 9.58. The molecule has 0 atom stereocenters. The van der Waals surface area contributed by atoms with Crippen LogP contribution in [0.3, 0.4) is 0 Å². The molecule has 7 nitrogen and oxygen atoms in total. The van der Waals surface area contributed by atoms with Crippen LogP contribution in [0.1, 0.15) is 25.0 Å². The molecule has 1 aliphatic rings. The molecule has 0 spiro atoms. The molecule has 1 fully saturated rings. The number of benzene rings is 2. The maximum absolute atomic E-state index is 13.0. The minimum atomic E-state index is -3.55. The fraction of sp³-hybridized carbons (Fsp3) is 0.458. The summed E-state index contributed by atoms with van der Waals surface area (Å²) in [4.78, 5) is 5.39. The molecule has 0 N–H and O–H groups in total. The highest BCUT2D eigenvalue weighted by Gasteiger charge is 2.24. The Morgan fingerprint density at radius 3 is 2.39 bits per heavy atom. The van der Waals surface area contributed by atoms with Gasteiger partial charge in [0.05, 0.1) is 17.1 Å². The van der Waals surface area contributed by atoms with Crippen molar-refractivity contribution in [1.82, 2.24) is 13.8 Å². The van der Waals surface area contributed by atoms with Gasteiger partial charge in [-0.1, -0.05) is 26.0 Å². The van der Waals surface area contributed by atoms with Gasteiger partial charge in [0.25, 0.3) is 4.84 Å². The topological polar surface area (TPSA) is 61.9 Å². The summed E-state index contributed by atoms with van der Waals surface area (Å²) in [6.07, 6.45) is 0. The zero-order valence-corrected chi connectivity index (χ0v) is 21.4. The number of hydrogen-bond donors (Lipinski definition) is 0. The van der Waals surface area contributed by atoms with Gasteiger partial charge < -0.3 is 9.32 Å². The molecule has 0 aliphatic carbocycles. The van der Waals surface area contributed by atoms with Crippen molar-refractivity contribution >= 4 is 39.0 Å². The van der Waals surface area contributed by atoms with Crippen molar-refractivity contribution in [2.75, 3.05) is 44.2 Å². The van der Waals surface area contributed by atoms with Crippen LogP contribution >= 0.6 is 12.2 Å². The molecule has 1 aliphatic heterocycles. The molecule has 0 amide bonds. The van der Waals surface area contributed by atoms with Crippen molar-refractivity contribution in [3.8, 4) is 0 Å². The largest absolute Gasteiger partial charge is 0.429 e. The summed E-state index contributed by atoms with van der Waals surface area (Å²) < 4.78 is 35.2. The van der Waals surface area contributed by atoms with Gasteiger partial charge in [-0.25, -0.2) is 8.42 Å². The third-order valence-electron chi connectivity index (χ3n) is 6.61. The quantitative estimate of drug-likeness (QED) is 0.460. The molecular formula is C24H32N4O3S2. The van der Waals surface area contributed by atoms with Crippen molar-refractivity contribution in [3.05, 3.63) is 52.4 Å². The van der Waals surface area contributed by atoms with E-state index >= 15 is 0 Å². The predicted molar refractivity (Wildman–Crippen MR) is 135 cm³/mol. The maximum atomic E-state index is 13.0. The maximum Gasteiger partial charge on any atom is 0.270 e. The first-order chi connectivity index (χ1) is 15.8. The van der Waals surface area contributed by atoms with Crippen LogP contribution in [0.5, 0.6) is 0 Å². The van der Waals surface area contributed by atoms with E-state index < -0.39 is 10.0 Å². The summed E-state index contributed by atoms with van der Waals surface area (Å²) in [5.74, 6) is 0. The standard InChI is InChI=1S/C24H32N4O3S2/c1-5-27(6-2)33(29,30)20-10-11-23-22(16-20)28(24(32)31-23)17-25-12-14-26(15-13-25)21-9-7-8-18(3)19(21)4/h7-11,16H,5-6,12-15,17H2,1-4H3. The van der Waals surface area contributed by atoms with Crippen molar-refractivity contribution < 1.29 is 12.8 Å². The van der Waals surface area contributed by atoms with Crippen LogP contribution in [0.2, 0.25) is 0 Å². The molecule has 0 radical (unpaired) electrons. The molecule has 4 rings (SSSR count). The van der Waals surface area contributed by atoms with E-state index in [0.717, 1.165) is 26.2 Å². The lowest BCUT2D eigenvalue weighted by Crippen LogP contribution is -2.47. The fourth-order valence-electron chi connectivity index (χ4n) is 4.46. The van der Waals surface area contributed by atoms with Gasteiger partial charge >= 0.3 is 0 Å². The first-order valence-electron chi connectivity index (χ1n) is 11.4. The molecule has 0 bridgehead atoms. The third-order valence-corrected chi connectivity index (χ3v) is 8.96. The average molecular weight is 489 g/mol. The van der Waals surface area contributed by atoms with Crippen LogP contribution in [0.15, 0.2) is 45.7 Å². The molecule has 1 aromatic heterocycles. The molecule has 9 heteroatoms. The molecule has 2 aromatic carbocycles. The van der Waals surface area contributed by atoms with E-state index in [1.54, 1.807) is 18.2 Å². The molecule has 1 saturated heterocycles. The second-order valence-corrected chi connectivity index (χ2v) is 10.8. The van der Waals surface area contributed by atoms with Gasteiger partial charge in [0, 0.05) is 45.0 Å². The van der Waals surface area contributed by atoms with Gasteiger partial charge in [0.1, 0.15) is 0 Å². The Labute approximate surface area is 201 Å². The smallest absolute Gasteiger partial charge is 0.270 e. The van der Waals surface area contributed by atoms with E-state index in [0.29, 0.717) is 35.7 Å². The third kappa shape index (κ3) is 4.59.